The second kappa shape index (κ2) is 4.60. The van der Waals surface area contributed by atoms with Crippen LogP contribution in [0.25, 0.3) is 16.9 Å². The van der Waals surface area contributed by atoms with Crippen LogP contribution in [0, 0.1) is 22.2 Å². The molecule has 3 nitrogen and oxygen atoms in total. The normalized spacial score (nSPS) is 11.2. The van der Waals surface area contributed by atoms with Gasteiger partial charge in [-0.2, -0.15) is 0 Å². The molecule has 20 heavy (non-hydrogen) atoms. The van der Waals surface area contributed by atoms with Crippen molar-refractivity contribution < 1.29 is 13.2 Å². The molecule has 8 heteroatoms. The molecule has 0 aliphatic heterocycles. The highest BCUT2D eigenvalue weighted by Gasteiger charge is 2.18. The Labute approximate surface area is 120 Å². The number of nitrogens with one attached hydrogen (secondary N) is 1. The van der Waals surface area contributed by atoms with Gasteiger partial charge in [-0.15, -0.1) is 0 Å². The van der Waals surface area contributed by atoms with Crippen LogP contribution in [0.15, 0.2) is 24.4 Å². The second-order valence-electron chi connectivity index (χ2n) is 4.01. The number of hydrogen-bond donors (Lipinski definition) is 1. The molecule has 1 N–H and O–H groups in total. The van der Waals surface area contributed by atoms with E-state index in [4.69, 9.17) is 23.8 Å². The summed E-state index contributed by atoms with van der Waals surface area (Å²) < 4.78 is 41.7. The molecule has 0 atom stereocenters. The van der Waals surface area contributed by atoms with Crippen LogP contribution in [0.3, 0.4) is 0 Å². The van der Waals surface area contributed by atoms with Crippen LogP contribution in [-0.2, 0) is 0 Å². The van der Waals surface area contributed by atoms with E-state index in [-0.39, 0.29) is 10.4 Å². The number of rotatable bonds is 1. The predicted octanol–water partition coefficient (Wildman–Crippen LogP) is 4.15. The Hall–Kier alpha value is -1.86. The highest BCUT2D eigenvalue weighted by atomic mass is 35.5. The smallest absolute Gasteiger partial charge is 0.184 e. The zero-order valence-corrected chi connectivity index (χ0v) is 11.2. The third kappa shape index (κ3) is 1.99. The van der Waals surface area contributed by atoms with Crippen LogP contribution in [-0.4, -0.2) is 14.5 Å². The van der Waals surface area contributed by atoms with E-state index in [0.29, 0.717) is 22.7 Å². The molecule has 0 unspecified atom stereocenters. The standard InChI is InChI=1S/C12H5ClF3N3S/c13-5-1-9-11(17-4-5)19(12(20)18-9)10-7(15)2-6(14)3-8(10)16/h1-4H,(H,18,20). The summed E-state index contributed by atoms with van der Waals surface area (Å²) in [5.74, 6) is -3.15. The predicted molar refractivity (Wildman–Crippen MR) is 71.1 cm³/mol. The number of aromatic amines is 1. The SMILES string of the molecule is Fc1cc(F)c(-n2c(=S)[nH]c3cc(Cl)cnc32)c(F)c1. The van der Waals surface area contributed by atoms with E-state index >= 15 is 0 Å². The topological polar surface area (TPSA) is 33.6 Å². The van der Waals surface area contributed by atoms with Crippen molar-refractivity contribution >= 4 is 35.0 Å². The number of hydrogen-bond acceptors (Lipinski definition) is 2. The molecule has 0 saturated heterocycles. The summed E-state index contributed by atoms with van der Waals surface area (Å²) in [5, 5.41) is 0.348. The third-order valence-electron chi connectivity index (χ3n) is 2.70. The van der Waals surface area contributed by atoms with Gasteiger partial charge in [-0.05, 0) is 18.3 Å². The Bertz CT molecular complexity index is 864. The molecule has 1 aromatic carbocycles. The molecule has 0 saturated carbocycles. The fourth-order valence-corrected chi connectivity index (χ4v) is 2.37. The molecule has 0 spiro atoms. The Morgan fingerprint density at radius 2 is 1.80 bits per heavy atom. The van der Waals surface area contributed by atoms with Crippen molar-refractivity contribution in [3.63, 3.8) is 0 Å². The first-order valence-corrected chi connectivity index (χ1v) is 6.17. The van der Waals surface area contributed by atoms with Crippen molar-refractivity contribution in [1.82, 2.24) is 14.5 Å². The zero-order chi connectivity index (χ0) is 14.4. The monoisotopic (exact) mass is 315 g/mol. The summed E-state index contributed by atoms with van der Waals surface area (Å²) in [6.07, 6.45) is 1.32. The number of imidazole rings is 1. The zero-order valence-electron chi connectivity index (χ0n) is 9.62. The lowest BCUT2D eigenvalue weighted by Crippen LogP contribution is -2.03. The number of nitrogens with zero attached hydrogens (tertiary/aromatic N) is 2. The Morgan fingerprint density at radius 3 is 2.45 bits per heavy atom. The molecule has 0 radical (unpaired) electrons. The summed E-state index contributed by atoms with van der Waals surface area (Å²) >= 11 is 10.8. The largest absolute Gasteiger partial charge is 0.329 e. The van der Waals surface area contributed by atoms with Crippen molar-refractivity contribution in [2.75, 3.05) is 0 Å². The van der Waals surface area contributed by atoms with Crippen LogP contribution < -0.4 is 0 Å². The summed E-state index contributed by atoms with van der Waals surface area (Å²) in [4.78, 5) is 6.73. The molecular weight excluding hydrogens is 311 g/mol. The number of benzene rings is 1. The Morgan fingerprint density at radius 1 is 1.15 bits per heavy atom. The summed E-state index contributed by atoms with van der Waals surface area (Å²) in [6.45, 7) is 0. The molecule has 0 aliphatic rings. The number of pyridine rings is 1. The fraction of sp³-hybridized carbons (Fsp3) is 0. The van der Waals surface area contributed by atoms with Gasteiger partial charge in [-0.25, -0.2) is 18.2 Å². The molecular formula is C12H5ClF3N3S. The van der Waals surface area contributed by atoms with Gasteiger partial charge in [-0.3, -0.25) is 4.57 Å². The summed E-state index contributed by atoms with van der Waals surface area (Å²) in [5.41, 5.74) is 0.131. The number of H-pyrrole nitrogens is 1. The van der Waals surface area contributed by atoms with E-state index in [9.17, 15) is 13.2 Å². The van der Waals surface area contributed by atoms with E-state index in [1.165, 1.54) is 12.3 Å². The van der Waals surface area contributed by atoms with Crippen LogP contribution in [0.1, 0.15) is 0 Å². The number of halogens is 4. The maximum Gasteiger partial charge on any atom is 0.184 e. The van der Waals surface area contributed by atoms with Gasteiger partial charge >= 0.3 is 0 Å². The number of fused-ring (bicyclic) bond motifs is 1. The minimum Gasteiger partial charge on any atom is -0.329 e. The minimum absolute atomic E-state index is 0.0270. The summed E-state index contributed by atoms with van der Waals surface area (Å²) in [7, 11) is 0. The summed E-state index contributed by atoms with van der Waals surface area (Å²) in [6, 6.07) is 2.68. The van der Waals surface area contributed by atoms with Crippen LogP contribution in [0.5, 0.6) is 0 Å². The first kappa shape index (κ1) is 13.1. The maximum absolute atomic E-state index is 13.8. The molecule has 0 fully saturated rings. The highest BCUT2D eigenvalue weighted by Crippen LogP contribution is 2.25. The molecule has 3 aromatic rings. The molecule has 0 amide bonds. The second-order valence-corrected chi connectivity index (χ2v) is 4.83. The van der Waals surface area contributed by atoms with Crippen LogP contribution >= 0.6 is 23.8 Å². The lowest BCUT2D eigenvalue weighted by atomic mass is 10.2. The van der Waals surface area contributed by atoms with Crippen LogP contribution in [0.2, 0.25) is 5.02 Å². The molecule has 0 bridgehead atoms. The minimum atomic E-state index is -1.07. The van der Waals surface area contributed by atoms with Crippen molar-refractivity contribution in [2.24, 2.45) is 0 Å². The Kier molecular flexibility index (Phi) is 3.02. The fourth-order valence-electron chi connectivity index (χ4n) is 1.93. The first-order valence-electron chi connectivity index (χ1n) is 5.38. The average Bonchev–Trinajstić information content (AvgIpc) is 2.64. The molecule has 0 aliphatic carbocycles. The first-order chi connectivity index (χ1) is 9.47. The van der Waals surface area contributed by atoms with E-state index in [2.05, 4.69) is 9.97 Å². The van der Waals surface area contributed by atoms with Gasteiger partial charge in [0, 0.05) is 18.3 Å². The van der Waals surface area contributed by atoms with Crippen LogP contribution in [0.4, 0.5) is 13.2 Å². The van der Waals surface area contributed by atoms with Gasteiger partial charge < -0.3 is 4.98 Å². The lowest BCUT2D eigenvalue weighted by Gasteiger charge is -2.07. The van der Waals surface area contributed by atoms with E-state index < -0.39 is 23.1 Å². The Balaban J connectivity index is 2.41. The van der Waals surface area contributed by atoms with Crippen molar-refractivity contribution in [2.45, 2.75) is 0 Å². The maximum atomic E-state index is 13.8. The molecule has 2 heterocycles. The van der Waals surface area contributed by atoms with Gasteiger partial charge in [-0.1, -0.05) is 11.6 Å². The lowest BCUT2D eigenvalue weighted by molar-refractivity contribution is 0.534. The van der Waals surface area contributed by atoms with Crippen molar-refractivity contribution in [3.8, 4) is 5.69 Å². The number of aromatic nitrogens is 3. The van der Waals surface area contributed by atoms with E-state index in [1.807, 2.05) is 0 Å². The highest BCUT2D eigenvalue weighted by molar-refractivity contribution is 7.71. The van der Waals surface area contributed by atoms with Gasteiger partial charge in [0.05, 0.1) is 10.5 Å². The van der Waals surface area contributed by atoms with Gasteiger partial charge in [0.1, 0.15) is 11.5 Å². The van der Waals surface area contributed by atoms with E-state index in [1.54, 1.807) is 0 Å². The van der Waals surface area contributed by atoms with Crippen molar-refractivity contribution in [3.05, 3.63) is 51.6 Å². The molecule has 3 rings (SSSR count). The van der Waals surface area contributed by atoms with Crippen molar-refractivity contribution in [1.29, 1.82) is 0 Å². The van der Waals surface area contributed by atoms with Gasteiger partial charge in [0.2, 0.25) is 0 Å². The van der Waals surface area contributed by atoms with Gasteiger partial charge in [0.25, 0.3) is 0 Å². The average molecular weight is 316 g/mol. The molecule has 2 aromatic heterocycles. The third-order valence-corrected chi connectivity index (χ3v) is 3.19. The quantitative estimate of drug-likeness (QED) is 0.684. The van der Waals surface area contributed by atoms with Gasteiger partial charge in [0.15, 0.2) is 22.1 Å². The molecule has 102 valence electrons. The van der Waals surface area contributed by atoms with E-state index in [0.717, 1.165) is 4.57 Å².